The molecule has 3 N–H and O–H groups in total. The van der Waals surface area contributed by atoms with Gasteiger partial charge in [-0.2, -0.15) is 10.1 Å². The molecule has 0 radical (unpaired) electrons. The molecular weight excluding hydrogens is 880 g/mol. The topological polar surface area (TPSA) is 166 Å². The molecule has 2 bridgehead atoms. The van der Waals surface area contributed by atoms with Crippen LogP contribution in [0.15, 0.2) is 91.4 Å². The third kappa shape index (κ3) is 8.82. The van der Waals surface area contributed by atoms with E-state index in [4.69, 9.17) is 47.4 Å². The number of aliphatic carboxylic acids is 1. The summed E-state index contributed by atoms with van der Waals surface area (Å²) in [7, 11) is 1.61. The maximum Gasteiger partial charge on any atom is 0.310 e. The van der Waals surface area contributed by atoms with E-state index in [9.17, 15) is 14.7 Å². The van der Waals surface area contributed by atoms with Crippen LogP contribution >= 0.6 is 23.2 Å². The highest BCUT2D eigenvalue weighted by atomic mass is 35.5. The number of ether oxygens (including phenoxy) is 3. The third-order valence-corrected chi connectivity index (χ3v) is 14.3. The second-order valence-electron chi connectivity index (χ2n) is 17.7. The van der Waals surface area contributed by atoms with Crippen LogP contribution in [-0.4, -0.2) is 78.9 Å². The maximum atomic E-state index is 12.5. The summed E-state index contributed by atoms with van der Waals surface area (Å²) in [5, 5.41) is 21.8. The number of hydrogen-bond donors (Lipinski definition) is 3. The molecule has 16 heteroatoms. The molecule has 0 spiro atoms. The Morgan fingerprint density at radius 3 is 2.52 bits per heavy atom. The van der Waals surface area contributed by atoms with Crippen molar-refractivity contribution in [2.45, 2.75) is 89.3 Å². The summed E-state index contributed by atoms with van der Waals surface area (Å²) in [6.07, 6.45) is 10.8. The zero-order valence-corrected chi connectivity index (χ0v) is 38.0. The number of carbonyl (C=O) groups excluding carboxylic acids is 1. The Morgan fingerprint density at radius 2 is 1.76 bits per heavy atom. The predicted molar refractivity (Wildman–Crippen MR) is 249 cm³/mol. The van der Waals surface area contributed by atoms with E-state index in [0.29, 0.717) is 85.2 Å². The number of pyridine rings is 3. The lowest BCUT2D eigenvalue weighted by Gasteiger charge is -2.50. The summed E-state index contributed by atoms with van der Waals surface area (Å²) < 4.78 is 20.6. The van der Waals surface area contributed by atoms with E-state index >= 15 is 0 Å². The number of hydrogen-bond acceptors (Lipinski definition) is 11. The van der Waals surface area contributed by atoms with Crippen molar-refractivity contribution < 1.29 is 28.9 Å². The fourth-order valence-electron chi connectivity index (χ4n) is 10.1. The molecule has 2 aromatic carbocycles. The van der Waals surface area contributed by atoms with Crippen molar-refractivity contribution in [2.24, 2.45) is 5.41 Å². The quantitative estimate of drug-likeness (QED) is 0.0848. The number of carboxylic acids is 1. The summed E-state index contributed by atoms with van der Waals surface area (Å²) in [4.78, 5) is 40.7. The highest BCUT2D eigenvalue weighted by molar-refractivity contribution is 6.36. The Hall–Kier alpha value is -6.06. The van der Waals surface area contributed by atoms with Gasteiger partial charge in [-0.3, -0.25) is 14.5 Å². The van der Waals surface area contributed by atoms with Gasteiger partial charge < -0.3 is 30.0 Å². The summed E-state index contributed by atoms with van der Waals surface area (Å²) in [5.41, 5.74) is 7.30. The Balaban J connectivity index is 0.892. The molecule has 2 aliphatic carbocycles. The van der Waals surface area contributed by atoms with Crippen molar-refractivity contribution in [3.8, 4) is 45.8 Å². The van der Waals surface area contributed by atoms with Crippen LogP contribution in [0.1, 0.15) is 78.9 Å². The van der Waals surface area contributed by atoms with Gasteiger partial charge in [0.2, 0.25) is 23.5 Å². The average Bonchev–Trinajstić information content (AvgIpc) is 4.13. The standard InChI is InChI=1S/C50H50Cl2N8O6/c1-64-46-31(25-53-26-33-11-16-44(61)56-33)10-13-41(57-46)39-8-3-7-38(45(39)52)35-5-2-6-37-36(35)12-14-42(37)66-48-40(51)23-32(27-59-29-50(49(62)63)19-17-34(59)18-20-50)47(58-48)65-28-30-9-15-43(54-24-30)60-22-4-21-55-60/h2-10,13,15,21-24,33-34,42,53H,11-12,14,16-20,25-29H2,1H3,(H,56,61)(H,62,63)/t33-,34?,42-,50?/m0/s1. The fourth-order valence-corrected chi connectivity index (χ4v) is 10.6. The number of nitrogens with one attached hydrogen (secondary N) is 2. The predicted octanol–water partition coefficient (Wildman–Crippen LogP) is 8.55. The highest BCUT2D eigenvalue weighted by Crippen LogP contribution is 2.47. The van der Waals surface area contributed by atoms with Gasteiger partial charge in [-0.25, -0.2) is 14.6 Å². The number of carboxylic acid groups (broad SMARTS) is 1. The number of nitrogens with zero attached hydrogens (tertiary/aromatic N) is 6. The van der Waals surface area contributed by atoms with Crippen molar-refractivity contribution >= 4 is 35.1 Å². The lowest BCUT2D eigenvalue weighted by molar-refractivity contribution is -0.160. The first-order valence-corrected chi connectivity index (χ1v) is 23.3. The average molecular weight is 930 g/mol. The normalized spacial score (nSPS) is 21.1. The molecule has 3 saturated heterocycles. The Bertz CT molecular complexity index is 2760. The number of amides is 1. The van der Waals surface area contributed by atoms with Gasteiger partial charge in [-0.1, -0.05) is 71.7 Å². The van der Waals surface area contributed by atoms with Gasteiger partial charge in [0.05, 0.1) is 23.2 Å². The van der Waals surface area contributed by atoms with Crippen molar-refractivity contribution in [1.82, 2.24) is 40.3 Å². The number of methoxy groups -OCH3 is 1. The van der Waals surface area contributed by atoms with Crippen LogP contribution in [0, 0.1) is 5.41 Å². The van der Waals surface area contributed by atoms with Crippen molar-refractivity contribution in [3.63, 3.8) is 0 Å². The highest BCUT2D eigenvalue weighted by Gasteiger charge is 2.49. The molecule has 14 nitrogen and oxygen atoms in total. The summed E-state index contributed by atoms with van der Waals surface area (Å²) in [5.74, 6) is 1.19. The molecule has 3 aliphatic heterocycles. The van der Waals surface area contributed by atoms with Gasteiger partial charge in [0, 0.05) is 91.1 Å². The molecule has 4 aromatic heterocycles. The van der Waals surface area contributed by atoms with Crippen LogP contribution in [0.3, 0.4) is 0 Å². The first kappa shape index (κ1) is 43.8. The molecule has 6 aromatic rings. The lowest BCUT2D eigenvalue weighted by atomic mass is 9.67. The maximum absolute atomic E-state index is 12.5. The number of halogens is 2. The van der Waals surface area contributed by atoms with Crippen LogP contribution < -0.4 is 24.8 Å². The van der Waals surface area contributed by atoms with Crippen LogP contribution in [-0.2, 0) is 35.7 Å². The molecule has 340 valence electrons. The molecule has 2 atom stereocenters. The van der Waals surface area contributed by atoms with Crippen molar-refractivity contribution in [2.75, 3.05) is 20.2 Å². The Kier molecular flexibility index (Phi) is 12.4. The van der Waals surface area contributed by atoms with E-state index < -0.39 is 11.4 Å². The minimum Gasteiger partial charge on any atom is -0.481 e. The molecule has 11 rings (SSSR count). The second kappa shape index (κ2) is 18.7. The zero-order chi connectivity index (χ0) is 45.4. The summed E-state index contributed by atoms with van der Waals surface area (Å²) in [6.45, 7) is 2.32. The minimum absolute atomic E-state index is 0.0945. The monoisotopic (exact) mass is 928 g/mol. The van der Waals surface area contributed by atoms with E-state index in [2.05, 4.69) is 37.7 Å². The first-order valence-electron chi connectivity index (χ1n) is 22.5. The fraction of sp³-hybridized carbons (Fsp3) is 0.360. The molecular formula is C50H50Cl2N8O6. The van der Waals surface area contributed by atoms with Crippen molar-refractivity contribution in [1.29, 1.82) is 0 Å². The second-order valence-corrected chi connectivity index (χ2v) is 18.5. The molecule has 1 saturated carbocycles. The molecule has 7 heterocycles. The SMILES string of the molecule is COc1nc(-c2cccc(-c3cccc4c3CC[C@@H]4Oc3nc(OCc4ccc(-n5cccn5)nc4)c(CN4CC5(C(=O)O)CCC4CC5)cc3Cl)c2Cl)ccc1CNC[C@@H]1CCC(=O)N1. The van der Waals surface area contributed by atoms with E-state index in [1.165, 1.54) is 0 Å². The van der Waals surface area contributed by atoms with E-state index in [0.717, 1.165) is 70.2 Å². The lowest BCUT2D eigenvalue weighted by Crippen LogP contribution is -2.56. The first-order chi connectivity index (χ1) is 32.1. The number of carbonyl (C=O) groups is 2. The van der Waals surface area contributed by atoms with Crippen LogP contribution in [0.4, 0.5) is 0 Å². The zero-order valence-electron chi connectivity index (χ0n) is 36.5. The van der Waals surface area contributed by atoms with Gasteiger partial charge in [0.1, 0.15) is 17.7 Å². The number of piperidine rings is 2. The summed E-state index contributed by atoms with van der Waals surface area (Å²) in [6, 6.07) is 24.1. The Morgan fingerprint density at radius 1 is 0.924 bits per heavy atom. The molecule has 66 heavy (non-hydrogen) atoms. The Labute approximate surface area is 392 Å². The number of benzene rings is 2. The van der Waals surface area contributed by atoms with Gasteiger partial charge >= 0.3 is 5.97 Å². The number of rotatable bonds is 16. The van der Waals surface area contributed by atoms with Crippen molar-refractivity contribution in [3.05, 3.63) is 129 Å². The van der Waals surface area contributed by atoms with E-state index in [-0.39, 0.29) is 36.6 Å². The minimum atomic E-state index is -0.746. The van der Waals surface area contributed by atoms with Gasteiger partial charge in [-0.05, 0) is 85.9 Å². The van der Waals surface area contributed by atoms with Gasteiger partial charge in [0.25, 0.3) is 0 Å². The van der Waals surface area contributed by atoms with E-state index in [1.54, 1.807) is 24.2 Å². The molecule has 5 aliphatic rings. The van der Waals surface area contributed by atoms with Crippen LogP contribution in [0.2, 0.25) is 10.0 Å². The molecule has 1 amide bonds. The number of fused-ring (bicyclic) bond motifs is 4. The van der Waals surface area contributed by atoms with Gasteiger partial charge in [-0.15, -0.1) is 0 Å². The summed E-state index contributed by atoms with van der Waals surface area (Å²) >= 11 is 14.3. The largest absolute Gasteiger partial charge is 0.481 e. The third-order valence-electron chi connectivity index (χ3n) is 13.6. The van der Waals surface area contributed by atoms with Crippen LogP contribution in [0.25, 0.3) is 28.2 Å². The van der Waals surface area contributed by atoms with Crippen LogP contribution in [0.5, 0.6) is 17.6 Å². The smallest absolute Gasteiger partial charge is 0.310 e. The van der Waals surface area contributed by atoms with E-state index in [1.807, 2.05) is 66.9 Å². The molecule has 0 unspecified atom stereocenters. The number of aromatic nitrogens is 5. The van der Waals surface area contributed by atoms with Gasteiger partial charge in [0.15, 0.2) is 5.82 Å². The molecule has 4 fully saturated rings.